The van der Waals surface area contributed by atoms with E-state index in [1.807, 2.05) is 24.3 Å². The minimum atomic E-state index is -0.487. The van der Waals surface area contributed by atoms with Gasteiger partial charge < -0.3 is 15.5 Å². The molecule has 0 spiro atoms. The molecule has 3 rings (SSSR count). The molecule has 1 aliphatic heterocycles. The number of rotatable bonds is 6. The first-order chi connectivity index (χ1) is 13.0. The molecule has 5 nitrogen and oxygen atoms in total. The Morgan fingerprint density at radius 3 is 2.67 bits per heavy atom. The molecule has 2 N–H and O–H groups in total. The zero-order valence-corrected chi connectivity index (χ0v) is 16.4. The van der Waals surface area contributed by atoms with E-state index in [1.54, 1.807) is 0 Å². The number of nitrogens with zero attached hydrogens (tertiary/aromatic N) is 1. The molecule has 0 saturated carbocycles. The van der Waals surface area contributed by atoms with Crippen molar-refractivity contribution < 1.29 is 14.0 Å². The zero-order valence-electron chi connectivity index (χ0n) is 14.8. The number of nitrogens with one attached hydrogen (secondary N) is 2. The molecule has 0 aromatic heterocycles. The fraction of sp³-hybridized carbons (Fsp3) is 0.300. The lowest BCUT2D eigenvalue weighted by atomic mass is 10.2. The van der Waals surface area contributed by atoms with Crippen molar-refractivity contribution in [3.8, 4) is 0 Å². The highest BCUT2D eigenvalue weighted by Gasteiger charge is 2.14. The Bertz CT molecular complexity index is 838. The molecule has 0 aliphatic carbocycles. The summed E-state index contributed by atoms with van der Waals surface area (Å²) in [5.74, 6) is -1.10. The summed E-state index contributed by atoms with van der Waals surface area (Å²) in [6.07, 6.45) is 2.52. The second-order valence-corrected chi connectivity index (χ2v) is 7.28. The topological polar surface area (TPSA) is 61.4 Å². The SMILES string of the molecule is O=C(CCNC(=O)c1cc(F)ccc1Br)Nc1cccc(N2CCCC2)c1. The van der Waals surface area contributed by atoms with Crippen LogP contribution >= 0.6 is 15.9 Å². The minimum Gasteiger partial charge on any atom is -0.371 e. The van der Waals surface area contributed by atoms with Gasteiger partial charge in [0.05, 0.1) is 5.56 Å². The summed E-state index contributed by atoms with van der Waals surface area (Å²) in [5, 5.41) is 5.49. The number of carbonyl (C=O) groups excluding carboxylic acids is 2. The number of carbonyl (C=O) groups is 2. The molecule has 1 aliphatic rings. The van der Waals surface area contributed by atoms with Gasteiger partial charge in [0, 0.05) is 41.9 Å². The average molecular weight is 434 g/mol. The maximum atomic E-state index is 13.3. The van der Waals surface area contributed by atoms with Crippen LogP contribution in [0.2, 0.25) is 0 Å². The summed E-state index contributed by atoms with van der Waals surface area (Å²) in [7, 11) is 0. The number of benzene rings is 2. The molecule has 2 aromatic rings. The van der Waals surface area contributed by atoms with E-state index in [9.17, 15) is 14.0 Å². The molecular weight excluding hydrogens is 413 g/mol. The maximum absolute atomic E-state index is 13.3. The highest BCUT2D eigenvalue weighted by molar-refractivity contribution is 9.10. The van der Waals surface area contributed by atoms with Gasteiger partial charge >= 0.3 is 0 Å². The molecule has 0 unspecified atom stereocenters. The fourth-order valence-corrected chi connectivity index (χ4v) is 3.46. The van der Waals surface area contributed by atoms with Gasteiger partial charge in [-0.2, -0.15) is 0 Å². The normalized spacial score (nSPS) is 13.5. The van der Waals surface area contributed by atoms with E-state index < -0.39 is 11.7 Å². The smallest absolute Gasteiger partial charge is 0.252 e. The molecule has 7 heteroatoms. The van der Waals surface area contributed by atoms with Crippen LogP contribution < -0.4 is 15.5 Å². The second kappa shape index (κ2) is 8.99. The van der Waals surface area contributed by atoms with Crippen LogP contribution in [0.15, 0.2) is 46.9 Å². The minimum absolute atomic E-state index is 0.132. The molecule has 1 saturated heterocycles. The van der Waals surface area contributed by atoms with Crippen LogP contribution in [0, 0.1) is 5.82 Å². The third-order valence-electron chi connectivity index (χ3n) is 4.41. The van der Waals surface area contributed by atoms with Crippen LogP contribution in [0.1, 0.15) is 29.6 Å². The van der Waals surface area contributed by atoms with Gasteiger partial charge in [0.25, 0.3) is 5.91 Å². The third kappa shape index (κ3) is 5.29. The third-order valence-corrected chi connectivity index (χ3v) is 5.10. The van der Waals surface area contributed by atoms with Crippen molar-refractivity contribution >= 4 is 39.1 Å². The summed E-state index contributed by atoms with van der Waals surface area (Å²) >= 11 is 3.22. The van der Waals surface area contributed by atoms with Gasteiger partial charge in [-0.3, -0.25) is 9.59 Å². The molecule has 0 radical (unpaired) electrons. The Labute approximate surface area is 166 Å². The van der Waals surface area contributed by atoms with Crippen molar-refractivity contribution in [1.29, 1.82) is 0 Å². The first-order valence-corrected chi connectivity index (χ1v) is 9.70. The molecule has 2 aromatic carbocycles. The van der Waals surface area contributed by atoms with Gasteiger partial charge in [-0.05, 0) is 65.2 Å². The number of hydrogen-bond acceptors (Lipinski definition) is 3. The Morgan fingerprint density at radius 2 is 1.89 bits per heavy atom. The first-order valence-electron chi connectivity index (χ1n) is 8.91. The Kier molecular flexibility index (Phi) is 6.45. The Hall–Kier alpha value is -2.41. The summed E-state index contributed by atoms with van der Waals surface area (Å²) in [4.78, 5) is 26.5. The largest absolute Gasteiger partial charge is 0.371 e. The fourth-order valence-electron chi connectivity index (χ4n) is 3.04. The maximum Gasteiger partial charge on any atom is 0.252 e. The van der Waals surface area contributed by atoms with E-state index >= 15 is 0 Å². The van der Waals surface area contributed by atoms with Crippen LogP contribution in [0.5, 0.6) is 0 Å². The standard InChI is InChI=1S/C20H21BrFN3O2/c21-18-7-6-14(22)12-17(18)20(27)23-9-8-19(26)24-15-4-3-5-16(13-15)25-10-1-2-11-25/h3-7,12-13H,1-2,8-11H2,(H,23,27)(H,24,26). The lowest BCUT2D eigenvalue weighted by Gasteiger charge is -2.18. The second-order valence-electron chi connectivity index (χ2n) is 6.42. The van der Waals surface area contributed by atoms with Crippen LogP contribution in [0.3, 0.4) is 0 Å². The predicted octanol–water partition coefficient (Wildman–Crippen LogP) is 3.95. The molecule has 1 fully saturated rings. The van der Waals surface area contributed by atoms with Gasteiger partial charge in [-0.25, -0.2) is 4.39 Å². The quantitative estimate of drug-likeness (QED) is 0.724. The summed E-state index contributed by atoms with van der Waals surface area (Å²) in [5.41, 5.74) is 2.05. The van der Waals surface area contributed by atoms with Crippen LogP contribution in [-0.2, 0) is 4.79 Å². The molecule has 2 amide bonds. The molecule has 142 valence electrons. The van der Waals surface area contributed by atoms with Gasteiger partial charge in [0.2, 0.25) is 5.91 Å². The highest BCUT2D eigenvalue weighted by atomic mass is 79.9. The number of halogens is 2. The van der Waals surface area contributed by atoms with Crippen molar-refractivity contribution in [3.63, 3.8) is 0 Å². The lowest BCUT2D eigenvalue weighted by Crippen LogP contribution is -2.28. The molecule has 1 heterocycles. The summed E-state index contributed by atoms with van der Waals surface area (Å²) in [6, 6.07) is 11.7. The van der Waals surface area contributed by atoms with Crippen molar-refractivity contribution in [1.82, 2.24) is 5.32 Å². The van der Waals surface area contributed by atoms with Gasteiger partial charge in [-0.1, -0.05) is 6.07 Å². The van der Waals surface area contributed by atoms with Crippen molar-refractivity contribution in [2.45, 2.75) is 19.3 Å². The van der Waals surface area contributed by atoms with Crippen molar-refractivity contribution in [2.24, 2.45) is 0 Å². The van der Waals surface area contributed by atoms with Gasteiger partial charge in [0.1, 0.15) is 5.82 Å². The van der Waals surface area contributed by atoms with Crippen LogP contribution in [-0.4, -0.2) is 31.4 Å². The highest BCUT2D eigenvalue weighted by Crippen LogP contribution is 2.23. The van der Waals surface area contributed by atoms with Gasteiger partial charge in [-0.15, -0.1) is 0 Å². The van der Waals surface area contributed by atoms with Crippen molar-refractivity contribution in [3.05, 3.63) is 58.3 Å². The first kappa shape index (κ1) is 19.4. The van der Waals surface area contributed by atoms with Crippen LogP contribution in [0.4, 0.5) is 15.8 Å². The zero-order chi connectivity index (χ0) is 19.2. The molecular formula is C20H21BrFN3O2. The predicted molar refractivity (Wildman–Crippen MR) is 108 cm³/mol. The molecule has 0 bridgehead atoms. The van der Waals surface area contributed by atoms with Gasteiger partial charge in [0.15, 0.2) is 0 Å². The lowest BCUT2D eigenvalue weighted by molar-refractivity contribution is -0.116. The summed E-state index contributed by atoms with van der Waals surface area (Å²) < 4.78 is 13.8. The number of hydrogen-bond donors (Lipinski definition) is 2. The molecule has 27 heavy (non-hydrogen) atoms. The number of anilines is 2. The Morgan fingerprint density at radius 1 is 1.11 bits per heavy atom. The summed E-state index contributed by atoms with van der Waals surface area (Å²) in [6.45, 7) is 2.25. The van der Waals surface area contributed by atoms with E-state index in [4.69, 9.17) is 0 Å². The number of amides is 2. The van der Waals surface area contributed by atoms with E-state index in [1.165, 1.54) is 25.0 Å². The van der Waals surface area contributed by atoms with E-state index in [0.717, 1.165) is 30.5 Å². The van der Waals surface area contributed by atoms with Crippen molar-refractivity contribution in [2.75, 3.05) is 29.9 Å². The van der Waals surface area contributed by atoms with E-state index in [0.29, 0.717) is 4.47 Å². The van der Waals surface area contributed by atoms with E-state index in [2.05, 4.69) is 31.5 Å². The molecule has 0 atom stereocenters. The Balaban J connectivity index is 1.49. The van der Waals surface area contributed by atoms with Crippen LogP contribution in [0.25, 0.3) is 0 Å². The van der Waals surface area contributed by atoms with E-state index in [-0.39, 0.29) is 24.4 Å². The monoisotopic (exact) mass is 433 g/mol. The average Bonchev–Trinajstić information content (AvgIpc) is 3.18.